The first-order valence-electron chi connectivity index (χ1n) is 6.09. The Hall–Kier alpha value is -2.01. The summed E-state index contributed by atoms with van der Waals surface area (Å²) in [6.07, 6.45) is 3.24. The Morgan fingerprint density at radius 2 is 2.05 bits per heavy atom. The molecule has 0 aliphatic heterocycles. The highest BCUT2D eigenvalue weighted by atomic mass is 35.5. The van der Waals surface area contributed by atoms with Crippen molar-refractivity contribution < 1.29 is 14.3 Å². The third-order valence-electron chi connectivity index (χ3n) is 2.92. The normalized spacial score (nSPS) is 10.4. The Bertz CT molecular complexity index is 637. The van der Waals surface area contributed by atoms with E-state index in [1.54, 1.807) is 23.0 Å². The van der Waals surface area contributed by atoms with Gasteiger partial charge in [0.1, 0.15) is 0 Å². The SMILES string of the molecule is CCn1cc(C(=O)c2cc(Cl)c(OC)c(OC)c2)cn1. The zero-order valence-corrected chi connectivity index (χ0v) is 12.3. The van der Waals surface area contributed by atoms with E-state index in [2.05, 4.69) is 5.10 Å². The summed E-state index contributed by atoms with van der Waals surface area (Å²) < 4.78 is 12.0. The second kappa shape index (κ2) is 5.96. The summed E-state index contributed by atoms with van der Waals surface area (Å²) >= 11 is 6.10. The summed E-state index contributed by atoms with van der Waals surface area (Å²) in [4.78, 5) is 12.4. The molecule has 1 heterocycles. The van der Waals surface area contributed by atoms with Gasteiger partial charge in [0.25, 0.3) is 0 Å². The zero-order valence-electron chi connectivity index (χ0n) is 11.5. The van der Waals surface area contributed by atoms with Crippen molar-refractivity contribution in [2.24, 2.45) is 0 Å². The van der Waals surface area contributed by atoms with E-state index in [-0.39, 0.29) is 5.78 Å². The van der Waals surface area contributed by atoms with Crippen molar-refractivity contribution in [3.05, 3.63) is 40.7 Å². The Kier molecular flexibility index (Phi) is 4.29. The first-order valence-corrected chi connectivity index (χ1v) is 6.47. The van der Waals surface area contributed by atoms with Gasteiger partial charge < -0.3 is 9.47 Å². The standard InChI is InChI=1S/C14H15ClN2O3/c1-4-17-8-10(7-16-17)13(18)9-5-11(15)14(20-3)12(6-9)19-2/h5-8H,4H2,1-3H3. The molecule has 0 aliphatic rings. The average molecular weight is 295 g/mol. The lowest BCUT2D eigenvalue weighted by Gasteiger charge is -2.10. The molecular formula is C14H15ClN2O3. The minimum absolute atomic E-state index is 0.160. The second-order valence-corrected chi connectivity index (χ2v) is 4.51. The molecule has 0 fully saturated rings. The topological polar surface area (TPSA) is 53.4 Å². The zero-order chi connectivity index (χ0) is 14.7. The number of rotatable bonds is 5. The van der Waals surface area contributed by atoms with E-state index in [0.717, 1.165) is 0 Å². The molecule has 5 nitrogen and oxygen atoms in total. The summed E-state index contributed by atoms with van der Waals surface area (Å²) in [5, 5.41) is 4.42. The van der Waals surface area contributed by atoms with E-state index >= 15 is 0 Å². The van der Waals surface area contributed by atoms with Gasteiger partial charge in [-0.15, -0.1) is 0 Å². The minimum Gasteiger partial charge on any atom is -0.493 e. The van der Waals surface area contributed by atoms with Gasteiger partial charge in [0.05, 0.1) is 31.0 Å². The molecule has 2 aromatic rings. The highest BCUT2D eigenvalue weighted by molar-refractivity contribution is 6.33. The first-order chi connectivity index (χ1) is 9.60. The maximum absolute atomic E-state index is 12.4. The quantitative estimate of drug-likeness (QED) is 0.796. The number of hydrogen-bond acceptors (Lipinski definition) is 4. The summed E-state index contributed by atoms with van der Waals surface area (Å²) in [6.45, 7) is 2.66. The molecule has 0 N–H and O–H groups in total. The van der Waals surface area contributed by atoms with Gasteiger partial charge in [-0.1, -0.05) is 11.6 Å². The van der Waals surface area contributed by atoms with Crippen LogP contribution >= 0.6 is 11.6 Å². The van der Waals surface area contributed by atoms with Gasteiger partial charge in [0, 0.05) is 18.3 Å². The van der Waals surface area contributed by atoms with E-state index in [4.69, 9.17) is 21.1 Å². The van der Waals surface area contributed by atoms with Crippen molar-refractivity contribution in [2.45, 2.75) is 13.5 Å². The highest BCUT2D eigenvalue weighted by Gasteiger charge is 2.17. The van der Waals surface area contributed by atoms with E-state index in [9.17, 15) is 4.79 Å². The molecule has 0 aliphatic carbocycles. The molecule has 1 aromatic carbocycles. The average Bonchev–Trinajstić information content (AvgIpc) is 2.94. The number of methoxy groups -OCH3 is 2. The van der Waals surface area contributed by atoms with Gasteiger partial charge in [-0.05, 0) is 19.1 Å². The predicted octanol–water partition coefficient (Wildman–Crippen LogP) is 2.80. The number of carbonyl (C=O) groups is 1. The minimum atomic E-state index is -0.160. The van der Waals surface area contributed by atoms with Crippen LogP contribution in [0.4, 0.5) is 0 Å². The molecule has 0 atom stereocenters. The Balaban J connectivity index is 2.42. The van der Waals surface area contributed by atoms with Crippen LogP contribution < -0.4 is 9.47 Å². The predicted molar refractivity (Wildman–Crippen MR) is 75.9 cm³/mol. The molecular weight excluding hydrogens is 280 g/mol. The molecule has 1 aromatic heterocycles. The second-order valence-electron chi connectivity index (χ2n) is 4.11. The number of carbonyl (C=O) groups excluding carboxylic acids is 1. The maximum atomic E-state index is 12.4. The Morgan fingerprint density at radius 1 is 1.30 bits per heavy atom. The fourth-order valence-electron chi connectivity index (χ4n) is 1.87. The number of ketones is 1. The monoisotopic (exact) mass is 294 g/mol. The lowest BCUT2D eigenvalue weighted by Crippen LogP contribution is -2.02. The van der Waals surface area contributed by atoms with Crippen LogP contribution in [0.1, 0.15) is 22.8 Å². The van der Waals surface area contributed by atoms with Gasteiger partial charge in [-0.3, -0.25) is 9.48 Å². The molecule has 0 saturated heterocycles. The van der Waals surface area contributed by atoms with Crippen molar-refractivity contribution >= 4 is 17.4 Å². The Morgan fingerprint density at radius 3 is 2.60 bits per heavy atom. The van der Waals surface area contributed by atoms with Crippen LogP contribution in [0.15, 0.2) is 24.5 Å². The van der Waals surface area contributed by atoms with Crippen LogP contribution in [-0.2, 0) is 6.54 Å². The summed E-state index contributed by atoms with van der Waals surface area (Å²) in [7, 11) is 2.99. The molecule has 0 saturated carbocycles. The number of aromatic nitrogens is 2. The fraction of sp³-hybridized carbons (Fsp3) is 0.286. The van der Waals surface area contributed by atoms with Gasteiger partial charge in [0.15, 0.2) is 17.3 Å². The number of benzene rings is 1. The molecule has 0 radical (unpaired) electrons. The van der Waals surface area contributed by atoms with Crippen LogP contribution in [-0.4, -0.2) is 29.8 Å². The molecule has 20 heavy (non-hydrogen) atoms. The third-order valence-corrected chi connectivity index (χ3v) is 3.20. The van der Waals surface area contributed by atoms with Crippen molar-refractivity contribution in [3.63, 3.8) is 0 Å². The van der Waals surface area contributed by atoms with E-state index in [0.29, 0.717) is 34.2 Å². The maximum Gasteiger partial charge on any atom is 0.196 e. The first kappa shape index (κ1) is 14.4. The number of hydrogen-bond donors (Lipinski definition) is 0. The number of aryl methyl sites for hydroxylation is 1. The van der Waals surface area contributed by atoms with E-state index < -0.39 is 0 Å². The van der Waals surface area contributed by atoms with Gasteiger partial charge >= 0.3 is 0 Å². The molecule has 6 heteroatoms. The highest BCUT2D eigenvalue weighted by Crippen LogP contribution is 2.36. The lowest BCUT2D eigenvalue weighted by molar-refractivity contribution is 0.103. The molecule has 0 bridgehead atoms. The van der Waals surface area contributed by atoms with E-state index in [1.807, 2.05) is 6.92 Å². The molecule has 0 spiro atoms. The fourth-order valence-corrected chi connectivity index (χ4v) is 2.16. The Labute approximate surface area is 122 Å². The van der Waals surface area contributed by atoms with Gasteiger partial charge in [0.2, 0.25) is 0 Å². The van der Waals surface area contributed by atoms with E-state index in [1.165, 1.54) is 20.4 Å². The van der Waals surface area contributed by atoms with Crippen LogP contribution in [0.25, 0.3) is 0 Å². The largest absolute Gasteiger partial charge is 0.493 e. The molecule has 2 rings (SSSR count). The number of halogens is 1. The molecule has 0 amide bonds. The summed E-state index contributed by atoms with van der Waals surface area (Å²) in [6, 6.07) is 3.17. The van der Waals surface area contributed by atoms with Crippen molar-refractivity contribution in [3.8, 4) is 11.5 Å². The third kappa shape index (κ3) is 2.63. The van der Waals surface area contributed by atoms with Gasteiger partial charge in [-0.25, -0.2) is 0 Å². The summed E-state index contributed by atoms with van der Waals surface area (Å²) in [5.74, 6) is 0.675. The number of ether oxygens (including phenoxy) is 2. The lowest BCUT2D eigenvalue weighted by atomic mass is 10.1. The van der Waals surface area contributed by atoms with Gasteiger partial charge in [-0.2, -0.15) is 5.10 Å². The van der Waals surface area contributed by atoms with Crippen molar-refractivity contribution in [1.29, 1.82) is 0 Å². The van der Waals surface area contributed by atoms with Crippen LogP contribution in [0, 0.1) is 0 Å². The molecule has 106 valence electrons. The van der Waals surface area contributed by atoms with Crippen LogP contribution in [0.3, 0.4) is 0 Å². The van der Waals surface area contributed by atoms with Crippen LogP contribution in [0.5, 0.6) is 11.5 Å². The smallest absolute Gasteiger partial charge is 0.196 e. The summed E-state index contributed by atoms with van der Waals surface area (Å²) in [5.41, 5.74) is 0.943. The van der Waals surface area contributed by atoms with Crippen LogP contribution in [0.2, 0.25) is 5.02 Å². The van der Waals surface area contributed by atoms with Crippen molar-refractivity contribution in [1.82, 2.24) is 9.78 Å². The molecule has 0 unspecified atom stereocenters. The van der Waals surface area contributed by atoms with Crippen molar-refractivity contribution in [2.75, 3.05) is 14.2 Å². The number of nitrogens with zero attached hydrogens (tertiary/aromatic N) is 2.